The van der Waals surface area contributed by atoms with Gasteiger partial charge in [-0.25, -0.2) is 13.6 Å². The molecule has 0 spiro atoms. The third-order valence-electron chi connectivity index (χ3n) is 4.68. The van der Waals surface area contributed by atoms with Crippen molar-refractivity contribution in [3.05, 3.63) is 71.0 Å². The van der Waals surface area contributed by atoms with E-state index in [0.717, 1.165) is 4.68 Å². The highest BCUT2D eigenvalue weighted by molar-refractivity contribution is 7.89. The summed E-state index contributed by atoms with van der Waals surface area (Å²) in [6.45, 7) is -0.901. The summed E-state index contributed by atoms with van der Waals surface area (Å²) in [7, 11) is -4.28. The van der Waals surface area contributed by atoms with E-state index in [0.29, 0.717) is 5.56 Å². The average Bonchev–Trinajstić information content (AvgIpc) is 3.16. The minimum atomic E-state index is -4.77. The van der Waals surface area contributed by atoms with Crippen LogP contribution in [0.15, 0.2) is 59.8 Å². The molecule has 2 aromatic carbocycles. The number of hydrogen-bond donors (Lipinski definition) is 2. The van der Waals surface area contributed by atoms with Crippen molar-refractivity contribution >= 4 is 27.5 Å². The summed E-state index contributed by atoms with van der Waals surface area (Å²) in [5.41, 5.74) is 6.63. The fraction of sp³-hybridized carbons (Fsp3) is 0.200. The van der Waals surface area contributed by atoms with Gasteiger partial charge < -0.3 is 5.73 Å². The van der Waals surface area contributed by atoms with Crippen LogP contribution >= 0.6 is 11.6 Å². The first kappa shape index (κ1) is 24.7. The van der Waals surface area contributed by atoms with Crippen LogP contribution < -0.4 is 10.9 Å². The Balaban J connectivity index is 2.01. The summed E-state index contributed by atoms with van der Waals surface area (Å²) in [5, 5.41) is 9.59. The van der Waals surface area contributed by atoms with Crippen LogP contribution in [0.25, 0.3) is 11.1 Å². The standard InChI is InChI=1S/C20H18ClF3N4O4S/c21-16-4-2-1-3-15(16)18(19(25)29)12-5-6-14(17(9-12)33(26,30)31)13-10-27-28(11-13)7-8-32-20(22,23)24/h1-6,9-11,18H,7-8H2,(H2,25,29)(H2,26,30,31). The number of rotatable bonds is 8. The molecule has 1 aromatic heterocycles. The van der Waals surface area contributed by atoms with Crippen molar-refractivity contribution < 1.29 is 31.1 Å². The Morgan fingerprint density at radius 3 is 2.52 bits per heavy atom. The Bertz CT molecular complexity index is 1280. The van der Waals surface area contributed by atoms with Crippen LogP contribution in [0.4, 0.5) is 13.2 Å². The number of amides is 1. The highest BCUT2D eigenvalue weighted by Crippen LogP contribution is 2.34. The van der Waals surface area contributed by atoms with Crippen LogP contribution in [0.2, 0.25) is 5.02 Å². The number of benzene rings is 2. The quantitative estimate of drug-likeness (QED) is 0.489. The van der Waals surface area contributed by atoms with Crippen LogP contribution in [-0.4, -0.2) is 37.1 Å². The summed E-state index contributed by atoms with van der Waals surface area (Å²) >= 11 is 6.20. The molecule has 3 aromatic rings. The van der Waals surface area contributed by atoms with Gasteiger partial charge in [0.25, 0.3) is 0 Å². The number of carbonyl (C=O) groups excluding carboxylic acids is 1. The molecule has 0 aliphatic heterocycles. The van der Waals surface area contributed by atoms with Gasteiger partial charge in [-0.3, -0.25) is 14.2 Å². The van der Waals surface area contributed by atoms with Crippen molar-refractivity contribution in [2.45, 2.75) is 23.7 Å². The van der Waals surface area contributed by atoms with E-state index in [1.54, 1.807) is 24.3 Å². The maximum absolute atomic E-state index is 12.3. The lowest BCUT2D eigenvalue weighted by molar-refractivity contribution is -0.325. The van der Waals surface area contributed by atoms with E-state index < -0.39 is 34.8 Å². The van der Waals surface area contributed by atoms with Gasteiger partial charge >= 0.3 is 6.36 Å². The third-order valence-corrected chi connectivity index (χ3v) is 5.97. The van der Waals surface area contributed by atoms with E-state index in [4.69, 9.17) is 22.5 Å². The lowest BCUT2D eigenvalue weighted by atomic mass is 9.89. The molecule has 33 heavy (non-hydrogen) atoms. The number of alkyl halides is 3. The summed E-state index contributed by atoms with van der Waals surface area (Å²) in [5.74, 6) is -1.80. The Morgan fingerprint density at radius 1 is 1.21 bits per heavy atom. The van der Waals surface area contributed by atoms with E-state index in [-0.39, 0.29) is 33.2 Å². The number of primary amides is 1. The van der Waals surface area contributed by atoms with Crippen molar-refractivity contribution in [1.82, 2.24) is 9.78 Å². The van der Waals surface area contributed by atoms with Crippen LogP contribution in [0, 0.1) is 0 Å². The first-order valence-corrected chi connectivity index (χ1v) is 11.2. The lowest BCUT2D eigenvalue weighted by Gasteiger charge is -2.18. The minimum absolute atomic E-state index is 0.145. The second-order valence-electron chi connectivity index (χ2n) is 6.94. The fourth-order valence-corrected chi connectivity index (χ4v) is 4.32. The maximum Gasteiger partial charge on any atom is 0.522 e. The van der Waals surface area contributed by atoms with Gasteiger partial charge in [0.05, 0.1) is 30.2 Å². The number of primary sulfonamides is 1. The lowest BCUT2D eigenvalue weighted by Crippen LogP contribution is -2.23. The van der Waals surface area contributed by atoms with Crippen molar-refractivity contribution in [1.29, 1.82) is 0 Å². The number of hydrogen-bond acceptors (Lipinski definition) is 5. The number of aromatic nitrogens is 2. The van der Waals surface area contributed by atoms with Crippen LogP contribution in [0.1, 0.15) is 17.0 Å². The maximum atomic E-state index is 12.3. The molecule has 0 saturated carbocycles. The predicted molar refractivity (Wildman–Crippen MR) is 114 cm³/mol. The second-order valence-corrected chi connectivity index (χ2v) is 8.88. The molecule has 0 saturated heterocycles. The van der Waals surface area contributed by atoms with Gasteiger partial charge in [-0.2, -0.15) is 5.10 Å². The number of carbonyl (C=O) groups is 1. The summed E-state index contributed by atoms with van der Waals surface area (Å²) in [6.07, 6.45) is -2.15. The van der Waals surface area contributed by atoms with Crippen molar-refractivity contribution in [3.63, 3.8) is 0 Å². The molecule has 1 heterocycles. The van der Waals surface area contributed by atoms with Gasteiger partial charge in [-0.1, -0.05) is 41.9 Å². The SMILES string of the molecule is NC(=O)C(c1ccc(-c2cnn(CCOC(F)(F)F)c2)c(S(N)(=O)=O)c1)c1ccccc1Cl. The summed E-state index contributed by atoms with van der Waals surface area (Å²) in [4.78, 5) is 11.9. The van der Waals surface area contributed by atoms with Gasteiger partial charge in [0.1, 0.15) is 0 Å². The number of ether oxygens (including phenoxy) is 1. The zero-order valence-electron chi connectivity index (χ0n) is 16.8. The summed E-state index contributed by atoms with van der Waals surface area (Å²) < 4.78 is 66.0. The van der Waals surface area contributed by atoms with E-state index in [1.165, 1.54) is 30.6 Å². The normalized spacial score (nSPS) is 13.1. The second kappa shape index (κ2) is 9.51. The molecule has 1 unspecified atom stereocenters. The first-order chi connectivity index (χ1) is 15.4. The Hall–Kier alpha value is -2.93. The molecule has 0 aliphatic rings. The topological polar surface area (TPSA) is 130 Å². The molecule has 3 rings (SSSR count). The van der Waals surface area contributed by atoms with E-state index >= 15 is 0 Å². The average molecular weight is 503 g/mol. The molecular formula is C20H18ClF3N4O4S. The molecule has 0 bridgehead atoms. The van der Waals surface area contributed by atoms with Crippen LogP contribution in [-0.2, 0) is 26.1 Å². The molecule has 0 aliphatic carbocycles. The van der Waals surface area contributed by atoms with Gasteiger partial charge in [0.15, 0.2) is 0 Å². The van der Waals surface area contributed by atoms with Crippen LogP contribution in [0.3, 0.4) is 0 Å². The largest absolute Gasteiger partial charge is 0.522 e. The highest BCUT2D eigenvalue weighted by Gasteiger charge is 2.29. The summed E-state index contributed by atoms with van der Waals surface area (Å²) in [6, 6.07) is 10.6. The van der Waals surface area contributed by atoms with E-state index in [2.05, 4.69) is 9.84 Å². The molecule has 176 valence electrons. The third kappa shape index (κ3) is 6.11. The number of nitrogens with zero attached hydrogens (tertiary/aromatic N) is 2. The zero-order chi connectivity index (χ0) is 24.4. The van der Waals surface area contributed by atoms with Crippen molar-refractivity contribution in [2.24, 2.45) is 10.9 Å². The monoisotopic (exact) mass is 502 g/mol. The molecule has 0 fully saturated rings. The van der Waals surface area contributed by atoms with Gasteiger partial charge in [-0.15, -0.1) is 13.2 Å². The molecule has 0 radical (unpaired) electrons. The zero-order valence-corrected chi connectivity index (χ0v) is 18.4. The minimum Gasteiger partial charge on any atom is -0.369 e. The molecule has 1 atom stereocenters. The smallest absolute Gasteiger partial charge is 0.369 e. The van der Waals surface area contributed by atoms with E-state index in [1.807, 2.05) is 0 Å². The fourth-order valence-electron chi connectivity index (χ4n) is 3.28. The van der Waals surface area contributed by atoms with Gasteiger partial charge in [-0.05, 0) is 23.3 Å². The Labute approximate surface area is 191 Å². The first-order valence-electron chi connectivity index (χ1n) is 9.31. The molecule has 1 amide bonds. The Kier molecular flexibility index (Phi) is 7.12. The number of sulfonamides is 1. The molecule has 4 N–H and O–H groups in total. The highest BCUT2D eigenvalue weighted by atomic mass is 35.5. The van der Waals surface area contributed by atoms with E-state index in [9.17, 15) is 26.4 Å². The molecule has 8 nitrogen and oxygen atoms in total. The number of halogens is 4. The van der Waals surface area contributed by atoms with Gasteiger partial charge in [0, 0.05) is 22.3 Å². The van der Waals surface area contributed by atoms with Crippen LogP contribution in [0.5, 0.6) is 0 Å². The number of nitrogens with two attached hydrogens (primary N) is 2. The Morgan fingerprint density at radius 2 is 1.91 bits per heavy atom. The predicted octanol–water partition coefficient (Wildman–Crippen LogP) is 3.00. The van der Waals surface area contributed by atoms with Gasteiger partial charge in [0.2, 0.25) is 15.9 Å². The molecule has 13 heteroatoms. The van der Waals surface area contributed by atoms with Crippen molar-refractivity contribution in [2.75, 3.05) is 6.61 Å². The van der Waals surface area contributed by atoms with Crippen molar-refractivity contribution in [3.8, 4) is 11.1 Å². The molecular weight excluding hydrogens is 485 g/mol.